The summed E-state index contributed by atoms with van der Waals surface area (Å²) in [6.45, 7) is 2.37. The van der Waals surface area contributed by atoms with E-state index in [0.29, 0.717) is 30.0 Å². The Morgan fingerprint density at radius 1 is 1.09 bits per heavy atom. The monoisotopic (exact) mass is 304 g/mol. The summed E-state index contributed by atoms with van der Waals surface area (Å²) in [7, 11) is 0. The molecule has 0 aliphatic heterocycles. The maximum Gasteiger partial charge on any atom is 0.157 e. The molecular formula is C19H28O3. The van der Waals surface area contributed by atoms with E-state index in [1.165, 1.54) is 5.57 Å². The van der Waals surface area contributed by atoms with E-state index in [1.54, 1.807) is 0 Å². The van der Waals surface area contributed by atoms with Gasteiger partial charge in [-0.25, -0.2) is 0 Å². The van der Waals surface area contributed by atoms with E-state index in [-0.39, 0.29) is 10.8 Å². The molecule has 3 saturated carbocycles. The first-order chi connectivity index (χ1) is 10.5. The molecule has 3 fully saturated rings. The minimum absolute atomic E-state index is 0.186. The second kappa shape index (κ2) is 4.91. The summed E-state index contributed by atoms with van der Waals surface area (Å²) in [6, 6.07) is 0. The number of ketones is 1. The smallest absolute Gasteiger partial charge is 0.157 e. The van der Waals surface area contributed by atoms with Gasteiger partial charge in [0, 0.05) is 11.8 Å². The number of fused-ring (bicyclic) bond motifs is 5. The van der Waals surface area contributed by atoms with E-state index in [0.717, 1.165) is 51.4 Å². The number of rotatable bonds is 1. The molecule has 122 valence electrons. The summed E-state index contributed by atoms with van der Waals surface area (Å²) in [5, 5.41) is 20.1. The topological polar surface area (TPSA) is 57.5 Å². The van der Waals surface area contributed by atoms with Crippen LogP contribution in [-0.4, -0.2) is 22.3 Å². The van der Waals surface area contributed by atoms with Gasteiger partial charge in [-0.15, -0.1) is 0 Å². The molecule has 0 aromatic carbocycles. The van der Waals surface area contributed by atoms with Crippen molar-refractivity contribution in [2.75, 3.05) is 0 Å². The highest BCUT2D eigenvalue weighted by Crippen LogP contribution is 2.65. The molecule has 22 heavy (non-hydrogen) atoms. The molecule has 0 unspecified atom stereocenters. The van der Waals surface area contributed by atoms with E-state index >= 15 is 0 Å². The van der Waals surface area contributed by atoms with Crippen LogP contribution in [0, 0.1) is 28.6 Å². The predicted molar refractivity (Wildman–Crippen MR) is 83.9 cm³/mol. The van der Waals surface area contributed by atoms with Crippen LogP contribution in [0.4, 0.5) is 0 Å². The molecular weight excluding hydrogens is 276 g/mol. The third kappa shape index (κ3) is 1.85. The molecule has 0 aromatic rings. The lowest BCUT2D eigenvalue weighted by atomic mass is 9.47. The Morgan fingerprint density at radius 3 is 2.68 bits per heavy atom. The number of carbonyl (C=O) groups is 1. The van der Waals surface area contributed by atoms with Crippen LogP contribution in [0.5, 0.6) is 0 Å². The normalized spacial score (nSPS) is 47.7. The van der Waals surface area contributed by atoms with Gasteiger partial charge in [0.15, 0.2) is 12.1 Å². The van der Waals surface area contributed by atoms with Crippen LogP contribution in [0.3, 0.4) is 0 Å². The molecule has 0 heterocycles. The van der Waals surface area contributed by atoms with Crippen LogP contribution in [0.1, 0.15) is 64.7 Å². The Balaban J connectivity index is 1.69. The third-order valence-electron chi connectivity index (χ3n) is 7.89. The molecule has 0 amide bonds. The molecule has 2 N–H and O–H groups in total. The second-order valence-electron chi connectivity index (χ2n) is 8.51. The molecule has 3 heteroatoms. The lowest BCUT2D eigenvalue weighted by molar-refractivity contribution is -0.189. The standard InChI is InChI=1S/C19H28O3/c1-18-9-6-13(20)11-12(18)4-5-14-15(18)7-10-19(17(21)22)8-2-3-16(14)19/h11,14-17,21-22H,2-10H2,1H3/t14-,15+,16+,18+,19-/m1/s1. The van der Waals surface area contributed by atoms with Crippen molar-refractivity contribution in [3.63, 3.8) is 0 Å². The number of allylic oxidation sites excluding steroid dienone is 1. The van der Waals surface area contributed by atoms with Crippen molar-refractivity contribution in [3.05, 3.63) is 11.6 Å². The Bertz CT molecular complexity index is 523. The van der Waals surface area contributed by atoms with Crippen molar-refractivity contribution < 1.29 is 15.0 Å². The highest BCUT2D eigenvalue weighted by atomic mass is 16.5. The molecule has 0 spiro atoms. The van der Waals surface area contributed by atoms with Gasteiger partial charge in [-0.05, 0) is 74.2 Å². The van der Waals surface area contributed by atoms with Crippen molar-refractivity contribution in [2.24, 2.45) is 28.6 Å². The second-order valence-corrected chi connectivity index (χ2v) is 8.51. The summed E-state index contributed by atoms with van der Waals surface area (Å²) in [5.74, 6) is 2.04. The Morgan fingerprint density at radius 2 is 1.91 bits per heavy atom. The van der Waals surface area contributed by atoms with Crippen LogP contribution < -0.4 is 0 Å². The number of carbonyl (C=O) groups excluding carboxylic acids is 1. The van der Waals surface area contributed by atoms with Crippen LogP contribution in [0.15, 0.2) is 11.6 Å². The van der Waals surface area contributed by atoms with Crippen molar-refractivity contribution in [2.45, 2.75) is 71.0 Å². The Kier molecular flexibility index (Phi) is 3.32. The van der Waals surface area contributed by atoms with Crippen molar-refractivity contribution in [1.82, 2.24) is 0 Å². The molecule has 4 aliphatic rings. The predicted octanol–water partition coefficient (Wildman–Crippen LogP) is 3.20. The van der Waals surface area contributed by atoms with Gasteiger partial charge in [-0.3, -0.25) is 4.79 Å². The number of hydrogen-bond donors (Lipinski definition) is 2. The van der Waals surface area contributed by atoms with Gasteiger partial charge in [-0.2, -0.15) is 0 Å². The average Bonchev–Trinajstić information content (AvgIpc) is 2.93. The maximum atomic E-state index is 11.8. The highest BCUT2D eigenvalue weighted by molar-refractivity contribution is 5.91. The Labute approximate surface area is 132 Å². The largest absolute Gasteiger partial charge is 0.368 e. The molecule has 0 aromatic heterocycles. The van der Waals surface area contributed by atoms with Gasteiger partial charge in [0.1, 0.15) is 0 Å². The lowest BCUT2D eigenvalue weighted by Crippen LogP contribution is -2.53. The van der Waals surface area contributed by atoms with E-state index in [2.05, 4.69) is 6.92 Å². The fourth-order valence-corrected chi connectivity index (χ4v) is 6.71. The first-order valence-electron chi connectivity index (χ1n) is 9.07. The summed E-state index contributed by atoms with van der Waals surface area (Å²) in [4.78, 5) is 11.8. The van der Waals surface area contributed by atoms with Crippen LogP contribution in [0.25, 0.3) is 0 Å². The third-order valence-corrected chi connectivity index (χ3v) is 7.89. The van der Waals surface area contributed by atoms with Crippen molar-refractivity contribution in [1.29, 1.82) is 0 Å². The lowest BCUT2D eigenvalue weighted by Gasteiger charge is -2.58. The molecule has 0 radical (unpaired) electrons. The fraction of sp³-hybridized carbons (Fsp3) is 0.842. The zero-order valence-electron chi connectivity index (χ0n) is 13.6. The van der Waals surface area contributed by atoms with Gasteiger partial charge in [0.05, 0.1) is 0 Å². The molecule has 5 atom stereocenters. The first kappa shape index (κ1) is 14.9. The number of aliphatic hydroxyl groups excluding tert-OH is 1. The molecule has 4 rings (SSSR count). The van der Waals surface area contributed by atoms with E-state index in [4.69, 9.17) is 0 Å². The molecule has 3 nitrogen and oxygen atoms in total. The number of hydrogen-bond acceptors (Lipinski definition) is 3. The first-order valence-corrected chi connectivity index (χ1v) is 9.07. The summed E-state index contributed by atoms with van der Waals surface area (Å²) < 4.78 is 0. The molecule has 0 saturated heterocycles. The maximum absolute atomic E-state index is 11.8. The fourth-order valence-electron chi connectivity index (χ4n) is 6.71. The van der Waals surface area contributed by atoms with Gasteiger partial charge in [-0.1, -0.05) is 18.9 Å². The van der Waals surface area contributed by atoms with Crippen molar-refractivity contribution in [3.8, 4) is 0 Å². The van der Waals surface area contributed by atoms with E-state index in [1.807, 2.05) is 6.08 Å². The zero-order valence-corrected chi connectivity index (χ0v) is 13.6. The van der Waals surface area contributed by atoms with Gasteiger partial charge in [0.25, 0.3) is 0 Å². The molecule has 4 aliphatic carbocycles. The van der Waals surface area contributed by atoms with Gasteiger partial charge in [0.2, 0.25) is 0 Å². The molecule has 0 bridgehead atoms. The van der Waals surface area contributed by atoms with E-state index < -0.39 is 6.29 Å². The van der Waals surface area contributed by atoms with E-state index in [9.17, 15) is 15.0 Å². The quantitative estimate of drug-likeness (QED) is 0.731. The minimum Gasteiger partial charge on any atom is -0.368 e. The van der Waals surface area contributed by atoms with Crippen LogP contribution in [-0.2, 0) is 4.79 Å². The zero-order chi connectivity index (χ0) is 15.5. The van der Waals surface area contributed by atoms with Gasteiger partial charge >= 0.3 is 0 Å². The summed E-state index contributed by atoms with van der Waals surface area (Å²) >= 11 is 0. The SMILES string of the molecule is C[C@]12CCC(=O)C=C1CC[C@H]1[C@@H]3CCC[C@@]3(C(O)O)CC[C@@H]12. The van der Waals surface area contributed by atoms with Gasteiger partial charge < -0.3 is 10.2 Å². The van der Waals surface area contributed by atoms with Crippen molar-refractivity contribution >= 4 is 5.78 Å². The summed E-state index contributed by atoms with van der Waals surface area (Å²) in [5.41, 5.74) is 1.34. The minimum atomic E-state index is -1.15. The Hall–Kier alpha value is -0.670. The highest BCUT2D eigenvalue weighted by Gasteiger charge is 2.59. The number of aliphatic hydroxyl groups is 2. The average molecular weight is 304 g/mol. The van der Waals surface area contributed by atoms with Crippen LogP contribution in [0.2, 0.25) is 0 Å². The summed E-state index contributed by atoms with van der Waals surface area (Å²) in [6.07, 6.45) is 9.99. The van der Waals surface area contributed by atoms with Crippen LogP contribution >= 0.6 is 0 Å².